The molecular weight excluding hydrogens is 340 g/mol. The Morgan fingerprint density at radius 3 is 2.63 bits per heavy atom. The highest BCUT2D eigenvalue weighted by Crippen LogP contribution is 2.20. The second kappa shape index (κ2) is 8.93. The Morgan fingerprint density at radius 2 is 1.89 bits per heavy atom. The number of nitrogens with zero attached hydrogens (tertiary/aromatic N) is 1. The molecule has 1 unspecified atom stereocenters. The summed E-state index contributed by atoms with van der Waals surface area (Å²) in [4.78, 5) is 30.6. The lowest BCUT2D eigenvalue weighted by Gasteiger charge is -2.31. The molecule has 0 aliphatic carbocycles. The van der Waals surface area contributed by atoms with Gasteiger partial charge in [0.25, 0.3) is 0 Å². The van der Waals surface area contributed by atoms with Crippen LogP contribution in [0, 0.1) is 5.92 Å². The van der Waals surface area contributed by atoms with Crippen molar-refractivity contribution in [3.8, 4) is 0 Å². The minimum atomic E-state index is -0.561. The van der Waals surface area contributed by atoms with Gasteiger partial charge in [0.1, 0.15) is 6.04 Å². The van der Waals surface area contributed by atoms with Gasteiger partial charge in [-0.15, -0.1) is 0 Å². The fourth-order valence-electron chi connectivity index (χ4n) is 3.56. The number of piperidine rings is 1. The van der Waals surface area contributed by atoms with Gasteiger partial charge in [-0.25, -0.2) is 4.79 Å². The number of nitrogens with one attached hydrogen (secondary N) is 3. The molecule has 146 valence electrons. The molecule has 3 amide bonds. The minimum Gasteiger partial charge on any atom is -0.361 e. The number of hydrogen-bond acceptors (Lipinski definition) is 2. The SMILES string of the molecule is CC(C)CNC(=O)NC(Cc1c[nH]c2ccccc12)C(=O)N1CCCCC1. The highest BCUT2D eigenvalue weighted by atomic mass is 16.2. The summed E-state index contributed by atoms with van der Waals surface area (Å²) in [5.41, 5.74) is 2.09. The molecule has 1 fully saturated rings. The second-order valence-electron chi connectivity index (χ2n) is 7.75. The van der Waals surface area contributed by atoms with Crippen LogP contribution in [0.5, 0.6) is 0 Å². The number of urea groups is 1. The highest BCUT2D eigenvalue weighted by molar-refractivity contribution is 5.89. The standard InChI is InChI=1S/C21H30N4O2/c1-15(2)13-23-21(27)24-19(20(26)25-10-6-3-7-11-25)12-16-14-22-18-9-5-4-8-17(16)18/h4-5,8-9,14-15,19,22H,3,6-7,10-13H2,1-2H3,(H2,23,24,27). The molecule has 3 N–H and O–H groups in total. The molecule has 3 rings (SSSR count). The van der Waals surface area contributed by atoms with Crippen LogP contribution in [-0.4, -0.2) is 47.5 Å². The number of hydrogen-bond donors (Lipinski definition) is 3. The van der Waals surface area contributed by atoms with Crippen molar-refractivity contribution in [1.82, 2.24) is 20.5 Å². The first kappa shape index (κ1) is 19.3. The highest BCUT2D eigenvalue weighted by Gasteiger charge is 2.28. The number of aromatic amines is 1. The average molecular weight is 370 g/mol. The molecule has 0 saturated carbocycles. The van der Waals surface area contributed by atoms with E-state index in [-0.39, 0.29) is 11.9 Å². The largest absolute Gasteiger partial charge is 0.361 e. The monoisotopic (exact) mass is 370 g/mol. The molecule has 2 heterocycles. The van der Waals surface area contributed by atoms with Crippen LogP contribution in [-0.2, 0) is 11.2 Å². The van der Waals surface area contributed by atoms with Crippen LogP contribution in [0.4, 0.5) is 4.79 Å². The summed E-state index contributed by atoms with van der Waals surface area (Å²) < 4.78 is 0. The van der Waals surface area contributed by atoms with Crippen molar-refractivity contribution in [2.75, 3.05) is 19.6 Å². The summed E-state index contributed by atoms with van der Waals surface area (Å²) >= 11 is 0. The van der Waals surface area contributed by atoms with Gasteiger partial charge in [-0.05, 0) is 36.8 Å². The Labute approximate surface area is 160 Å². The molecule has 0 spiro atoms. The van der Waals surface area contributed by atoms with Crippen molar-refractivity contribution in [3.63, 3.8) is 0 Å². The number of aromatic nitrogens is 1. The van der Waals surface area contributed by atoms with Gasteiger partial charge in [0.2, 0.25) is 5.91 Å². The van der Waals surface area contributed by atoms with Gasteiger partial charge in [0.15, 0.2) is 0 Å². The molecule has 1 aromatic carbocycles. The van der Waals surface area contributed by atoms with Crippen molar-refractivity contribution in [2.24, 2.45) is 5.92 Å². The average Bonchev–Trinajstić information content (AvgIpc) is 3.09. The minimum absolute atomic E-state index is 0.0136. The van der Waals surface area contributed by atoms with E-state index in [1.807, 2.05) is 49.2 Å². The Hall–Kier alpha value is -2.50. The molecule has 27 heavy (non-hydrogen) atoms. The van der Waals surface area contributed by atoms with E-state index in [4.69, 9.17) is 0 Å². The lowest BCUT2D eigenvalue weighted by molar-refractivity contribution is -0.134. The van der Waals surface area contributed by atoms with Crippen LogP contribution >= 0.6 is 0 Å². The zero-order chi connectivity index (χ0) is 19.2. The van der Waals surface area contributed by atoms with Crippen molar-refractivity contribution in [3.05, 3.63) is 36.0 Å². The van der Waals surface area contributed by atoms with Crippen LogP contribution in [0.15, 0.2) is 30.5 Å². The smallest absolute Gasteiger partial charge is 0.315 e. The zero-order valence-electron chi connectivity index (χ0n) is 16.3. The second-order valence-corrected chi connectivity index (χ2v) is 7.75. The van der Waals surface area contributed by atoms with Crippen molar-refractivity contribution in [2.45, 2.75) is 45.6 Å². The van der Waals surface area contributed by atoms with E-state index in [2.05, 4.69) is 15.6 Å². The van der Waals surface area contributed by atoms with E-state index >= 15 is 0 Å². The van der Waals surface area contributed by atoms with Crippen LogP contribution in [0.25, 0.3) is 10.9 Å². The molecule has 0 radical (unpaired) electrons. The third kappa shape index (κ3) is 5.02. The summed E-state index contributed by atoms with van der Waals surface area (Å²) in [6.45, 7) is 6.23. The molecule has 1 aliphatic rings. The van der Waals surface area contributed by atoms with E-state index in [0.29, 0.717) is 18.9 Å². The maximum Gasteiger partial charge on any atom is 0.315 e. The fourth-order valence-corrected chi connectivity index (χ4v) is 3.56. The number of benzene rings is 1. The third-order valence-corrected chi connectivity index (χ3v) is 5.04. The molecule has 1 aliphatic heterocycles. The number of para-hydroxylation sites is 1. The Morgan fingerprint density at radius 1 is 1.15 bits per heavy atom. The molecule has 1 saturated heterocycles. The summed E-state index contributed by atoms with van der Waals surface area (Å²) in [6, 6.07) is 7.19. The van der Waals surface area contributed by atoms with Gasteiger partial charge < -0.3 is 20.5 Å². The topological polar surface area (TPSA) is 77.2 Å². The van der Waals surface area contributed by atoms with E-state index in [1.165, 1.54) is 6.42 Å². The number of H-pyrrole nitrogens is 1. The van der Waals surface area contributed by atoms with E-state index < -0.39 is 6.04 Å². The predicted molar refractivity (Wildman–Crippen MR) is 108 cm³/mol. The molecule has 1 atom stereocenters. The quantitative estimate of drug-likeness (QED) is 0.731. The van der Waals surface area contributed by atoms with Crippen LogP contribution in [0.1, 0.15) is 38.7 Å². The maximum absolute atomic E-state index is 13.1. The summed E-state index contributed by atoms with van der Waals surface area (Å²) in [5, 5.41) is 6.87. The molecule has 2 aromatic rings. The van der Waals surface area contributed by atoms with E-state index in [9.17, 15) is 9.59 Å². The lowest BCUT2D eigenvalue weighted by atomic mass is 10.0. The Kier molecular flexibility index (Phi) is 6.37. The Balaban J connectivity index is 1.75. The molecular formula is C21H30N4O2. The number of rotatable bonds is 6. The van der Waals surface area contributed by atoms with Crippen LogP contribution in [0.2, 0.25) is 0 Å². The fraction of sp³-hybridized carbons (Fsp3) is 0.524. The number of fused-ring (bicyclic) bond motifs is 1. The van der Waals surface area contributed by atoms with Crippen molar-refractivity contribution < 1.29 is 9.59 Å². The van der Waals surface area contributed by atoms with Gasteiger partial charge >= 0.3 is 6.03 Å². The molecule has 1 aromatic heterocycles. The normalized spacial score (nSPS) is 15.7. The first-order valence-electron chi connectivity index (χ1n) is 9.92. The van der Waals surface area contributed by atoms with E-state index in [0.717, 1.165) is 42.4 Å². The number of likely N-dealkylation sites (tertiary alicyclic amines) is 1. The van der Waals surface area contributed by atoms with Gasteiger partial charge in [0, 0.05) is 43.2 Å². The molecule has 0 bridgehead atoms. The first-order valence-corrected chi connectivity index (χ1v) is 9.92. The maximum atomic E-state index is 13.1. The lowest BCUT2D eigenvalue weighted by Crippen LogP contribution is -2.53. The number of amides is 3. The van der Waals surface area contributed by atoms with Crippen LogP contribution < -0.4 is 10.6 Å². The van der Waals surface area contributed by atoms with E-state index in [1.54, 1.807) is 0 Å². The molecule has 6 heteroatoms. The van der Waals surface area contributed by atoms with Gasteiger partial charge in [-0.3, -0.25) is 4.79 Å². The Bertz CT molecular complexity index is 777. The molecule has 6 nitrogen and oxygen atoms in total. The number of carbonyl (C=O) groups is 2. The van der Waals surface area contributed by atoms with Gasteiger partial charge in [-0.1, -0.05) is 32.0 Å². The van der Waals surface area contributed by atoms with Gasteiger partial charge in [0.05, 0.1) is 0 Å². The summed E-state index contributed by atoms with van der Waals surface area (Å²) in [6.07, 6.45) is 5.65. The number of carbonyl (C=O) groups excluding carboxylic acids is 2. The summed E-state index contributed by atoms with van der Waals surface area (Å²) in [5.74, 6) is 0.375. The zero-order valence-corrected chi connectivity index (χ0v) is 16.3. The van der Waals surface area contributed by atoms with Crippen molar-refractivity contribution in [1.29, 1.82) is 0 Å². The summed E-state index contributed by atoms with van der Waals surface area (Å²) in [7, 11) is 0. The van der Waals surface area contributed by atoms with Crippen LogP contribution in [0.3, 0.4) is 0 Å². The van der Waals surface area contributed by atoms with Gasteiger partial charge in [-0.2, -0.15) is 0 Å². The third-order valence-electron chi connectivity index (χ3n) is 5.04. The van der Waals surface area contributed by atoms with Crippen molar-refractivity contribution >= 4 is 22.8 Å². The predicted octanol–water partition coefficient (Wildman–Crippen LogP) is 3.05. The first-order chi connectivity index (χ1) is 13.0.